The largest absolute Gasteiger partial charge is 0.467 e. The molecule has 1 aromatic carbocycles. The Balaban J connectivity index is 2.55. The molecule has 1 unspecified atom stereocenters. The summed E-state index contributed by atoms with van der Waals surface area (Å²) in [6, 6.07) is 6.71. The van der Waals surface area contributed by atoms with Crippen LogP contribution >= 0.6 is 0 Å². The van der Waals surface area contributed by atoms with Crippen LogP contribution in [-0.2, 0) is 28.9 Å². The van der Waals surface area contributed by atoms with Crippen LogP contribution in [0.15, 0.2) is 35.1 Å². The zero-order valence-corrected chi connectivity index (χ0v) is 18.8. The average molecular weight is 431 g/mol. The first-order chi connectivity index (χ1) is 14.7. The fourth-order valence-electron chi connectivity index (χ4n) is 3.55. The summed E-state index contributed by atoms with van der Waals surface area (Å²) in [6.45, 7) is 7.80. The maximum absolute atomic E-state index is 13.3. The van der Waals surface area contributed by atoms with E-state index in [0.29, 0.717) is 12.8 Å². The van der Waals surface area contributed by atoms with Crippen molar-refractivity contribution in [3.05, 3.63) is 68.9 Å². The number of esters is 1. The highest BCUT2D eigenvalue weighted by Gasteiger charge is 2.27. The topological polar surface area (TPSA) is 77.4 Å². The van der Waals surface area contributed by atoms with Crippen molar-refractivity contribution < 1.29 is 18.7 Å². The summed E-state index contributed by atoms with van der Waals surface area (Å²) in [5.74, 6) is -1.73. The number of pyridine rings is 1. The van der Waals surface area contributed by atoms with Gasteiger partial charge in [-0.3, -0.25) is 9.59 Å². The fourth-order valence-corrected chi connectivity index (χ4v) is 3.55. The Morgan fingerprint density at radius 3 is 2.32 bits per heavy atom. The zero-order chi connectivity index (χ0) is 23.1. The first kappa shape index (κ1) is 24.3. The molecule has 1 aromatic heterocycles. The minimum absolute atomic E-state index is 0.0200. The van der Waals surface area contributed by atoms with Crippen molar-refractivity contribution in [3.63, 3.8) is 0 Å². The van der Waals surface area contributed by atoms with E-state index < -0.39 is 23.5 Å². The van der Waals surface area contributed by atoms with Gasteiger partial charge in [-0.05, 0) is 48.1 Å². The Morgan fingerprint density at radius 1 is 1.16 bits per heavy atom. The average Bonchev–Trinajstić information content (AvgIpc) is 2.75. The number of ether oxygens (including phenoxy) is 1. The van der Waals surface area contributed by atoms with Crippen LogP contribution in [0.3, 0.4) is 0 Å². The molecule has 1 amide bonds. The first-order valence-corrected chi connectivity index (χ1v) is 10.6. The Hall–Kier alpha value is -2.96. The van der Waals surface area contributed by atoms with Crippen molar-refractivity contribution in [1.82, 2.24) is 9.88 Å². The van der Waals surface area contributed by atoms with Crippen molar-refractivity contribution in [3.8, 4) is 0 Å². The van der Waals surface area contributed by atoms with Crippen molar-refractivity contribution in [2.45, 2.75) is 59.5 Å². The normalized spacial score (nSPS) is 12.0. The molecule has 0 radical (unpaired) electrons. The molecular weight excluding hydrogens is 399 g/mol. The fraction of sp³-hybridized carbons (Fsp3) is 0.458. The molecule has 1 heterocycles. The Bertz CT molecular complexity index is 980. The third-order valence-corrected chi connectivity index (χ3v) is 5.27. The van der Waals surface area contributed by atoms with Gasteiger partial charge in [0.2, 0.25) is 0 Å². The third kappa shape index (κ3) is 5.81. The van der Waals surface area contributed by atoms with Crippen molar-refractivity contribution in [1.29, 1.82) is 0 Å². The molecule has 0 saturated heterocycles. The number of amides is 1. The molecule has 2 rings (SSSR count). The van der Waals surface area contributed by atoms with Crippen LogP contribution in [0.1, 0.15) is 61.3 Å². The van der Waals surface area contributed by atoms with Gasteiger partial charge in [0.1, 0.15) is 17.4 Å². The van der Waals surface area contributed by atoms with Gasteiger partial charge in [-0.15, -0.1) is 0 Å². The summed E-state index contributed by atoms with van der Waals surface area (Å²) in [7, 11) is 1.26. The van der Waals surface area contributed by atoms with Crippen LogP contribution in [0.2, 0.25) is 0 Å². The molecule has 0 saturated carbocycles. The quantitative estimate of drug-likeness (QED) is 0.618. The number of hydrogen-bond donors (Lipinski definition) is 1. The number of rotatable bonds is 9. The van der Waals surface area contributed by atoms with Gasteiger partial charge in [0.05, 0.1) is 13.7 Å². The number of methoxy groups -OCH3 is 1. The molecule has 0 aliphatic heterocycles. The third-order valence-electron chi connectivity index (χ3n) is 5.27. The van der Waals surface area contributed by atoms with Crippen LogP contribution < -0.4 is 10.9 Å². The monoisotopic (exact) mass is 430 g/mol. The molecule has 0 bridgehead atoms. The lowest BCUT2D eigenvalue weighted by atomic mass is 10.0. The summed E-state index contributed by atoms with van der Waals surface area (Å²) >= 11 is 0. The van der Waals surface area contributed by atoms with E-state index in [0.717, 1.165) is 23.2 Å². The second-order valence-corrected chi connectivity index (χ2v) is 7.87. The second-order valence-electron chi connectivity index (χ2n) is 7.87. The number of benzene rings is 1. The first-order valence-electron chi connectivity index (χ1n) is 10.6. The molecule has 1 atom stereocenters. The molecule has 0 fully saturated rings. The zero-order valence-electron chi connectivity index (χ0n) is 18.8. The molecule has 2 aromatic rings. The van der Waals surface area contributed by atoms with E-state index in [9.17, 15) is 18.8 Å². The second kappa shape index (κ2) is 10.9. The molecule has 168 valence electrons. The lowest BCUT2D eigenvalue weighted by Crippen LogP contribution is -2.47. The summed E-state index contributed by atoms with van der Waals surface area (Å²) in [5.41, 5.74) is 2.07. The molecule has 1 N–H and O–H groups in total. The molecule has 7 heteroatoms. The van der Waals surface area contributed by atoms with Crippen LogP contribution in [0, 0.1) is 11.7 Å². The van der Waals surface area contributed by atoms with Gasteiger partial charge in [0, 0.05) is 5.69 Å². The molecule has 6 nitrogen and oxygen atoms in total. The van der Waals surface area contributed by atoms with E-state index >= 15 is 0 Å². The van der Waals surface area contributed by atoms with Crippen LogP contribution in [0.5, 0.6) is 0 Å². The lowest BCUT2D eigenvalue weighted by molar-refractivity contribution is -0.144. The molecular formula is C24H31FN2O4. The smallest absolute Gasteiger partial charge is 0.328 e. The summed E-state index contributed by atoms with van der Waals surface area (Å²) < 4.78 is 19.7. The summed E-state index contributed by atoms with van der Waals surface area (Å²) in [5, 5.41) is 2.65. The standard InChI is InChI=1S/C24H31FN2O4/c1-6-8-20-17(7-2)13-19(22(28)26-21(15(3)4)24(30)31-5)23(29)27(20)14-16-9-11-18(25)12-10-16/h9-13,15,21H,6-8,14H2,1-5H3,(H,26,28). The Morgan fingerprint density at radius 2 is 1.81 bits per heavy atom. The maximum atomic E-state index is 13.3. The van der Waals surface area contributed by atoms with Crippen molar-refractivity contribution in [2.75, 3.05) is 7.11 Å². The minimum Gasteiger partial charge on any atom is -0.467 e. The van der Waals surface area contributed by atoms with Gasteiger partial charge >= 0.3 is 5.97 Å². The molecule has 0 aliphatic carbocycles. The number of aryl methyl sites for hydroxylation is 1. The number of carbonyl (C=O) groups is 2. The number of hydrogen-bond acceptors (Lipinski definition) is 4. The van der Waals surface area contributed by atoms with Crippen molar-refractivity contribution >= 4 is 11.9 Å². The minimum atomic E-state index is -0.858. The SMILES string of the molecule is CCCc1c(CC)cc(C(=O)NC(C(=O)OC)C(C)C)c(=O)n1Cc1ccc(F)cc1. The highest BCUT2D eigenvalue weighted by atomic mass is 19.1. The van der Waals surface area contributed by atoms with Gasteiger partial charge in [-0.25, -0.2) is 9.18 Å². The number of aromatic nitrogens is 1. The van der Waals surface area contributed by atoms with Crippen LogP contribution in [0.4, 0.5) is 4.39 Å². The summed E-state index contributed by atoms with van der Waals surface area (Å²) in [4.78, 5) is 38.4. The van der Waals surface area contributed by atoms with Gasteiger partial charge in [0.25, 0.3) is 11.5 Å². The number of carbonyl (C=O) groups excluding carboxylic acids is 2. The van der Waals surface area contributed by atoms with E-state index in [1.807, 2.05) is 13.8 Å². The Labute approximate surface area is 182 Å². The molecule has 31 heavy (non-hydrogen) atoms. The number of nitrogens with zero attached hydrogens (tertiary/aromatic N) is 1. The van der Waals surface area contributed by atoms with E-state index in [-0.39, 0.29) is 23.8 Å². The highest BCUT2D eigenvalue weighted by molar-refractivity contribution is 5.96. The predicted octanol–water partition coefficient (Wildman–Crippen LogP) is 3.48. The van der Waals surface area contributed by atoms with E-state index in [4.69, 9.17) is 4.74 Å². The van der Waals surface area contributed by atoms with Crippen LogP contribution in [0.25, 0.3) is 0 Å². The van der Waals surface area contributed by atoms with Gasteiger partial charge in [-0.2, -0.15) is 0 Å². The van der Waals surface area contributed by atoms with E-state index in [1.54, 1.807) is 36.6 Å². The van der Waals surface area contributed by atoms with Gasteiger partial charge < -0.3 is 14.6 Å². The Kier molecular flexibility index (Phi) is 8.54. The van der Waals surface area contributed by atoms with Gasteiger partial charge in [0.15, 0.2) is 0 Å². The maximum Gasteiger partial charge on any atom is 0.328 e. The molecule has 0 spiro atoms. The van der Waals surface area contributed by atoms with E-state index in [2.05, 4.69) is 5.32 Å². The van der Waals surface area contributed by atoms with Gasteiger partial charge in [-0.1, -0.05) is 46.2 Å². The predicted molar refractivity (Wildman–Crippen MR) is 118 cm³/mol. The molecule has 0 aliphatic rings. The van der Waals surface area contributed by atoms with Crippen LogP contribution in [-0.4, -0.2) is 29.6 Å². The highest BCUT2D eigenvalue weighted by Crippen LogP contribution is 2.16. The number of halogens is 1. The lowest BCUT2D eigenvalue weighted by Gasteiger charge is -2.22. The summed E-state index contributed by atoms with van der Waals surface area (Å²) in [6.07, 6.45) is 2.15. The number of nitrogens with one attached hydrogen (secondary N) is 1. The van der Waals surface area contributed by atoms with Crippen molar-refractivity contribution in [2.24, 2.45) is 5.92 Å². The van der Waals surface area contributed by atoms with E-state index in [1.165, 1.54) is 19.2 Å².